The smallest absolute Gasteiger partial charge is 0.324 e. The minimum atomic E-state index is 0.201. The predicted molar refractivity (Wildman–Crippen MR) is 69.2 cm³/mol. The molecule has 0 aliphatic rings. The lowest BCUT2D eigenvalue weighted by atomic mass is 10.2. The van der Waals surface area contributed by atoms with E-state index in [1.54, 1.807) is 6.20 Å². The molecule has 0 aromatic carbocycles. The molecule has 0 atom stereocenters. The Hall–Kier alpha value is -2.44. The normalized spacial score (nSPS) is 10.1. The van der Waals surface area contributed by atoms with Gasteiger partial charge in [0, 0.05) is 6.20 Å². The second kappa shape index (κ2) is 5.94. The molecule has 2 heterocycles. The van der Waals surface area contributed by atoms with Gasteiger partial charge >= 0.3 is 12.0 Å². The summed E-state index contributed by atoms with van der Waals surface area (Å²) in [7, 11) is 2.98. The summed E-state index contributed by atoms with van der Waals surface area (Å²) in [5.41, 5.74) is 2.03. The van der Waals surface area contributed by atoms with Crippen LogP contribution < -0.4 is 14.8 Å². The van der Waals surface area contributed by atoms with Crippen molar-refractivity contribution in [3.8, 4) is 12.0 Å². The first-order valence-electron chi connectivity index (χ1n) is 5.71. The second-order valence-corrected chi connectivity index (χ2v) is 3.75. The SMILES string of the molecule is COc1nc(NCc2ncccc2C)nc(OC)n1. The summed E-state index contributed by atoms with van der Waals surface area (Å²) in [4.78, 5) is 16.4. The Balaban J connectivity index is 2.13. The number of aryl methyl sites for hydroxylation is 1. The average Bonchev–Trinajstić information content (AvgIpc) is 2.46. The first-order chi connectivity index (χ1) is 9.22. The van der Waals surface area contributed by atoms with E-state index in [-0.39, 0.29) is 12.0 Å². The highest BCUT2D eigenvalue weighted by molar-refractivity contribution is 5.30. The zero-order valence-electron chi connectivity index (χ0n) is 11.0. The maximum absolute atomic E-state index is 4.98. The van der Waals surface area contributed by atoms with Crippen molar-refractivity contribution in [2.75, 3.05) is 19.5 Å². The highest BCUT2D eigenvalue weighted by Gasteiger charge is 2.07. The zero-order valence-corrected chi connectivity index (χ0v) is 11.0. The largest absolute Gasteiger partial charge is 0.467 e. The molecule has 0 saturated heterocycles. The van der Waals surface area contributed by atoms with Crippen LogP contribution in [0.2, 0.25) is 0 Å². The Bertz CT molecular complexity index is 539. The molecule has 0 bridgehead atoms. The second-order valence-electron chi connectivity index (χ2n) is 3.75. The Morgan fingerprint density at radius 1 is 1.11 bits per heavy atom. The van der Waals surface area contributed by atoms with Gasteiger partial charge in [-0.25, -0.2) is 0 Å². The van der Waals surface area contributed by atoms with E-state index >= 15 is 0 Å². The minimum Gasteiger partial charge on any atom is -0.467 e. The molecular formula is C12H15N5O2. The quantitative estimate of drug-likeness (QED) is 0.866. The van der Waals surface area contributed by atoms with Gasteiger partial charge in [-0.15, -0.1) is 4.98 Å². The Kier molecular flexibility index (Phi) is 4.07. The maximum atomic E-state index is 4.98. The van der Waals surface area contributed by atoms with Crippen LogP contribution in [0.1, 0.15) is 11.3 Å². The molecule has 2 rings (SSSR count). The molecule has 0 radical (unpaired) electrons. The summed E-state index contributed by atoms with van der Waals surface area (Å²) in [6.07, 6.45) is 1.75. The molecular weight excluding hydrogens is 246 g/mol. The van der Waals surface area contributed by atoms with Gasteiger partial charge in [0.15, 0.2) is 0 Å². The summed E-state index contributed by atoms with van der Waals surface area (Å²) in [5.74, 6) is 0.383. The number of aromatic nitrogens is 4. The van der Waals surface area contributed by atoms with Crippen LogP contribution in [0.3, 0.4) is 0 Å². The number of pyridine rings is 1. The van der Waals surface area contributed by atoms with Crippen LogP contribution in [-0.2, 0) is 6.54 Å². The number of hydrogen-bond acceptors (Lipinski definition) is 7. The Morgan fingerprint density at radius 3 is 2.37 bits per heavy atom. The van der Waals surface area contributed by atoms with Crippen LogP contribution in [0.4, 0.5) is 5.95 Å². The molecule has 0 saturated carbocycles. The molecule has 0 spiro atoms. The van der Waals surface area contributed by atoms with E-state index in [0.29, 0.717) is 12.5 Å². The number of methoxy groups -OCH3 is 2. The standard InChI is InChI=1S/C12H15N5O2/c1-8-5-4-6-13-9(8)7-14-10-15-11(18-2)17-12(16-10)19-3/h4-6H,7H2,1-3H3,(H,14,15,16,17). The van der Waals surface area contributed by atoms with E-state index in [0.717, 1.165) is 11.3 Å². The summed E-state index contributed by atoms with van der Waals surface area (Å²) in [6.45, 7) is 2.52. The maximum Gasteiger partial charge on any atom is 0.324 e. The van der Waals surface area contributed by atoms with Gasteiger partial charge in [-0.2, -0.15) is 9.97 Å². The van der Waals surface area contributed by atoms with Crippen LogP contribution >= 0.6 is 0 Å². The molecule has 2 aromatic heterocycles. The molecule has 1 N–H and O–H groups in total. The van der Waals surface area contributed by atoms with Gasteiger partial charge in [0.1, 0.15) is 0 Å². The molecule has 0 aliphatic carbocycles. The predicted octanol–water partition coefficient (Wildman–Crippen LogP) is 1.20. The average molecular weight is 261 g/mol. The van der Waals surface area contributed by atoms with Gasteiger partial charge in [-0.3, -0.25) is 4.98 Å². The lowest BCUT2D eigenvalue weighted by Gasteiger charge is -2.08. The molecule has 100 valence electrons. The van der Waals surface area contributed by atoms with E-state index in [1.807, 2.05) is 19.1 Å². The van der Waals surface area contributed by atoms with Crippen molar-refractivity contribution in [2.45, 2.75) is 13.5 Å². The Labute approximate surface area is 111 Å². The number of rotatable bonds is 5. The number of hydrogen-bond donors (Lipinski definition) is 1. The molecule has 2 aromatic rings. The zero-order chi connectivity index (χ0) is 13.7. The van der Waals surface area contributed by atoms with E-state index < -0.39 is 0 Å². The van der Waals surface area contributed by atoms with Crippen molar-refractivity contribution in [3.63, 3.8) is 0 Å². The third kappa shape index (κ3) is 3.27. The number of nitrogens with one attached hydrogen (secondary N) is 1. The molecule has 7 heteroatoms. The van der Waals surface area contributed by atoms with Crippen LogP contribution in [0, 0.1) is 6.92 Å². The van der Waals surface area contributed by atoms with Crippen molar-refractivity contribution >= 4 is 5.95 Å². The van der Waals surface area contributed by atoms with Crippen molar-refractivity contribution < 1.29 is 9.47 Å². The number of nitrogens with zero attached hydrogens (tertiary/aromatic N) is 4. The molecule has 19 heavy (non-hydrogen) atoms. The lowest BCUT2D eigenvalue weighted by Crippen LogP contribution is -2.09. The van der Waals surface area contributed by atoms with Gasteiger partial charge in [0.05, 0.1) is 26.5 Å². The molecule has 0 unspecified atom stereocenters. The van der Waals surface area contributed by atoms with Crippen LogP contribution in [-0.4, -0.2) is 34.2 Å². The van der Waals surface area contributed by atoms with E-state index in [2.05, 4.69) is 25.3 Å². The van der Waals surface area contributed by atoms with Gasteiger partial charge in [0.25, 0.3) is 0 Å². The molecule has 0 aliphatic heterocycles. The third-order valence-electron chi connectivity index (χ3n) is 2.49. The summed E-state index contributed by atoms with van der Waals surface area (Å²) < 4.78 is 9.95. The molecule has 7 nitrogen and oxygen atoms in total. The van der Waals surface area contributed by atoms with Gasteiger partial charge in [-0.05, 0) is 18.6 Å². The van der Waals surface area contributed by atoms with Gasteiger partial charge in [-0.1, -0.05) is 6.07 Å². The van der Waals surface area contributed by atoms with E-state index in [1.165, 1.54) is 14.2 Å². The van der Waals surface area contributed by atoms with Crippen molar-refractivity contribution in [1.82, 2.24) is 19.9 Å². The van der Waals surface area contributed by atoms with Crippen molar-refractivity contribution in [2.24, 2.45) is 0 Å². The topological polar surface area (TPSA) is 82.0 Å². The van der Waals surface area contributed by atoms with Crippen LogP contribution in [0.5, 0.6) is 12.0 Å². The van der Waals surface area contributed by atoms with E-state index in [9.17, 15) is 0 Å². The first-order valence-corrected chi connectivity index (χ1v) is 5.71. The third-order valence-corrected chi connectivity index (χ3v) is 2.49. The lowest BCUT2D eigenvalue weighted by molar-refractivity contribution is 0.341. The summed E-state index contributed by atoms with van der Waals surface area (Å²) >= 11 is 0. The van der Waals surface area contributed by atoms with Crippen molar-refractivity contribution in [1.29, 1.82) is 0 Å². The minimum absolute atomic E-state index is 0.201. The molecule has 0 fully saturated rings. The fourth-order valence-electron chi connectivity index (χ4n) is 1.47. The van der Waals surface area contributed by atoms with Crippen LogP contribution in [0.25, 0.3) is 0 Å². The van der Waals surface area contributed by atoms with E-state index in [4.69, 9.17) is 9.47 Å². The number of ether oxygens (including phenoxy) is 2. The summed E-state index contributed by atoms with van der Waals surface area (Å²) in [6, 6.07) is 4.30. The van der Waals surface area contributed by atoms with Gasteiger partial charge < -0.3 is 14.8 Å². The highest BCUT2D eigenvalue weighted by Crippen LogP contribution is 2.13. The highest BCUT2D eigenvalue weighted by atomic mass is 16.5. The summed E-state index contributed by atoms with van der Waals surface area (Å²) in [5, 5.41) is 3.07. The fourth-order valence-corrected chi connectivity index (χ4v) is 1.47. The molecule has 0 amide bonds. The fraction of sp³-hybridized carbons (Fsp3) is 0.333. The Morgan fingerprint density at radius 2 is 1.79 bits per heavy atom. The van der Waals surface area contributed by atoms with Crippen molar-refractivity contribution in [3.05, 3.63) is 29.6 Å². The first kappa shape index (κ1) is 13.0. The number of anilines is 1. The van der Waals surface area contributed by atoms with Crippen LogP contribution in [0.15, 0.2) is 18.3 Å². The van der Waals surface area contributed by atoms with Gasteiger partial charge in [0.2, 0.25) is 5.95 Å². The monoisotopic (exact) mass is 261 g/mol.